The van der Waals surface area contributed by atoms with Gasteiger partial charge in [0.15, 0.2) is 0 Å². The minimum Gasteiger partial charge on any atom is -0.494 e. The van der Waals surface area contributed by atoms with Crippen LogP contribution in [0.3, 0.4) is 0 Å². The van der Waals surface area contributed by atoms with Gasteiger partial charge in [0, 0.05) is 13.0 Å². The van der Waals surface area contributed by atoms with E-state index < -0.39 is 16.7 Å². The summed E-state index contributed by atoms with van der Waals surface area (Å²) in [7, 11) is 0. The molecule has 0 aliphatic carbocycles. The second-order valence-electron chi connectivity index (χ2n) is 4.65. The molecular weight excluding hydrogens is 278 g/mol. The molecule has 1 atom stereocenters. The molecule has 1 aliphatic rings. The lowest BCUT2D eigenvalue weighted by molar-refractivity contribution is -0.384. The van der Waals surface area contributed by atoms with E-state index in [-0.39, 0.29) is 30.2 Å². The Labute approximate surface area is 120 Å². The van der Waals surface area contributed by atoms with Crippen molar-refractivity contribution in [2.75, 3.05) is 18.1 Å². The quantitative estimate of drug-likeness (QED) is 0.637. The number of ether oxygens (including phenoxy) is 1. The summed E-state index contributed by atoms with van der Waals surface area (Å²) in [4.78, 5) is 34.9. The van der Waals surface area contributed by atoms with Crippen LogP contribution in [0, 0.1) is 16.0 Å². The molecule has 0 bridgehead atoms. The third-order valence-corrected chi connectivity index (χ3v) is 3.27. The van der Waals surface area contributed by atoms with E-state index in [0.29, 0.717) is 12.4 Å². The smallest absolute Gasteiger partial charge is 0.296 e. The molecule has 2 N–H and O–H groups in total. The van der Waals surface area contributed by atoms with Gasteiger partial charge in [0.1, 0.15) is 11.4 Å². The first kappa shape index (κ1) is 14.8. The number of rotatable bonds is 5. The van der Waals surface area contributed by atoms with E-state index in [4.69, 9.17) is 10.5 Å². The fraction of sp³-hybridized carbons (Fsp3) is 0.385. The SMILES string of the molecule is CCOc1ccc(N2CC(C(N)=O)CC2=O)c([N+](=O)[O-])c1. The Balaban J connectivity index is 2.37. The Morgan fingerprint density at radius 1 is 1.57 bits per heavy atom. The second kappa shape index (κ2) is 5.78. The number of amides is 2. The molecule has 2 amide bonds. The van der Waals surface area contributed by atoms with Crippen molar-refractivity contribution in [3.05, 3.63) is 28.3 Å². The van der Waals surface area contributed by atoms with Crippen molar-refractivity contribution in [1.29, 1.82) is 0 Å². The number of carbonyl (C=O) groups excluding carboxylic acids is 2. The van der Waals surface area contributed by atoms with Crippen LogP contribution in [0.5, 0.6) is 5.75 Å². The van der Waals surface area contributed by atoms with Gasteiger partial charge in [0.2, 0.25) is 11.8 Å². The van der Waals surface area contributed by atoms with Gasteiger partial charge < -0.3 is 15.4 Å². The molecule has 0 saturated carbocycles. The van der Waals surface area contributed by atoms with Gasteiger partial charge in [-0.25, -0.2) is 0 Å². The Hall–Kier alpha value is -2.64. The molecule has 8 heteroatoms. The summed E-state index contributed by atoms with van der Waals surface area (Å²) >= 11 is 0. The van der Waals surface area contributed by atoms with Gasteiger partial charge in [-0.05, 0) is 19.1 Å². The van der Waals surface area contributed by atoms with Crippen LogP contribution in [0.4, 0.5) is 11.4 Å². The van der Waals surface area contributed by atoms with Gasteiger partial charge in [-0.15, -0.1) is 0 Å². The molecule has 1 unspecified atom stereocenters. The number of nitro benzene ring substituents is 1. The molecule has 8 nitrogen and oxygen atoms in total. The molecule has 0 aromatic heterocycles. The van der Waals surface area contributed by atoms with Crippen molar-refractivity contribution in [2.24, 2.45) is 11.7 Å². The van der Waals surface area contributed by atoms with Gasteiger partial charge in [-0.1, -0.05) is 0 Å². The van der Waals surface area contributed by atoms with Crippen molar-refractivity contribution in [3.63, 3.8) is 0 Å². The normalized spacial score (nSPS) is 17.9. The summed E-state index contributed by atoms with van der Waals surface area (Å²) in [6.07, 6.45) is -0.0281. The average molecular weight is 293 g/mol. The standard InChI is InChI=1S/C13H15N3O5/c1-2-21-9-3-4-10(11(6-9)16(19)20)15-7-8(13(14)18)5-12(15)17/h3-4,6,8H,2,5,7H2,1H3,(H2,14,18). The van der Waals surface area contributed by atoms with Crippen LogP contribution in [-0.2, 0) is 9.59 Å². The van der Waals surface area contributed by atoms with E-state index in [1.807, 2.05) is 0 Å². The molecule has 2 rings (SSSR count). The molecule has 1 heterocycles. The lowest BCUT2D eigenvalue weighted by atomic mass is 10.1. The Bertz CT molecular complexity index is 601. The van der Waals surface area contributed by atoms with Crippen LogP contribution >= 0.6 is 0 Å². The number of carbonyl (C=O) groups is 2. The van der Waals surface area contributed by atoms with Crippen LogP contribution in [0.15, 0.2) is 18.2 Å². The molecule has 112 valence electrons. The summed E-state index contributed by atoms with van der Waals surface area (Å²) in [5.41, 5.74) is 5.10. The van der Waals surface area contributed by atoms with Gasteiger partial charge in [0.25, 0.3) is 5.69 Å². The highest BCUT2D eigenvalue weighted by molar-refractivity contribution is 6.01. The van der Waals surface area contributed by atoms with Crippen LogP contribution in [0.2, 0.25) is 0 Å². The molecule has 0 spiro atoms. The zero-order valence-electron chi connectivity index (χ0n) is 11.4. The van der Waals surface area contributed by atoms with E-state index in [0.717, 1.165) is 0 Å². The van der Waals surface area contributed by atoms with Crippen LogP contribution in [0.25, 0.3) is 0 Å². The molecule has 0 radical (unpaired) electrons. The van der Waals surface area contributed by atoms with Crippen molar-refractivity contribution in [1.82, 2.24) is 0 Å². The van der Waals surface area contributed by atoms with E-state index in [1.54, 1.807) is 13.0 Å². The molecule has 1 fully saturated rings. The number of hydrogen-bond acceptors (Lipinski definition) is 5. The summed E-state index contributed by atoms with van der Waals surface area (Å²) in [6, 6.07) is 4.27. The van der Waals surface area contributed by atoms with Gasteiger partial charge >= 0.3 is 0 Å². The average Bonchev–Trinajstić information content (AvgIpc) is 2.81. The van der Waals surface area contributed by atoms with Crippen molar-refractivity contribution >= 4 is 23.2 Å². The summed E-state index contributed by atoms with van der Waals surface area (Å²) in [6.45, 7) is 2.20. The monoisotopic (exact) mass is 293 g/mol. The van der Waals surface area contributed by atoms with Crippen LogP contribution in [-0.4, -0.2) is 29.9 Å². The lowest BCUT2D eigenvalue weighted by Crippen LogP contribution is -2.28. The molecular formula is C13H15N3O5. The number of benzene rings is 1. The van der Waals surface area contributed by atoms with Gasteiger partial charge in [-0.3, -0.25) is 19.7 Å². The zero-order chi connectivity index (χ0) is 15.6. The predicted molar refractivity (Wildman–Crippen MR) is 73.9 cm³/mol. The third kappa shape index (κ3) is 2.93. The highest BCUT2D eigenvalue weighted by Crippen LogP contribution is 2.35. The van der Waals surface area contributed by atoms with Gasteiger partial charge in [-0.2, -0.15) is 0 Å². The lowest BCUT2D eigenvalue weighted by Gasteiger charge is -2.16. The number of anilines is 1. The minimum absolute atomic E-state index is 0.0281. The summed E-state index contributed by atoms with van der Waals surface area (Å²) in [5.74, 6) is -1.21. The third-order valence-electron chi connectivity index (χ3n) is 3.27. The number of nitrogens with two attached hydrogens (primary N) is 1. The first-order valence-corrected chi connectivity index (χ1v) is 6.45. The topological polar surface area (TPSA) is 116 Å². The van der Waals surface area contributed by atoms with Crippen molar-refractivity contribution in [3.8, 4) is 5.75 Å². The first-order valence-electron chi connectivity index (χ1n) is 6.45. The Morgan fingerprint density at radius 3 is 2.81 bits per heavy atom. The maximum atomic E-state index is 11.9. The zero-order valence-corrected chi connectivity index (χ0v) is 11.4. The fourth-order valence-corrected chi connectivity index (χ4v) is 2.27. The number of hydrogen-bond donors (Lipinski definition) is 1. The number of primary amides is 1. The van der Waals surface area contributed by atoms with Crippen molar-refractivity contribution in [2.45, 2.75) is 13.3 Å². The minimum atomic E-state index is -0.622. The largest absolute Gasteiger partial charge is 0.494 e. The predicted octanol–water partition coefficient (Wildman–Crippen LogP) is 0.832. The van der Waals surface area contributed by atoms with E-state index in [9.17, 15) is 19.7 Å². The number of nitrogens with zero attached hydrogens (tertiary/aromatic N) is 2. The molecule has 1 aromatic rings. The van der Waals surface area contributed by atoms with Crippen molar-refractivity contribution < 1.29 is 19.2 Å². The van der Waals surface area contributed by atoms with E-state index in [2.05, 4.69) is 0 Å². The maximum absolute atomic E-state index is 11.9. The highest BCUT2D eigenvalue weighted by atomic mass is 16.6. The van der Waals surface area contributed by atoms with Crippen LogP contribution in [0.1, 0.15) is 13.3 Å². The summed E-state index contributed by atoms with van der Waals surface area (Å²) < 4.78 is 5.22. The van der Waals surface area contributed by atoms with E-state index >= 15 is 0 Å². The number of nitro groups is 1. The fourth-order valence-electron chi connectivity index (χ4n) is 2.27. The maximum Gasteiger partial charge on any atom is 0.296 e. The second-order valence-corrected chi connectivity index (χ2v) is 4.65. The highest BCUT2D eigenvalue weighted by Gasteiger charge is 2.36. The first-order chi connectivity index (χ1) is 9.93. The molecule has 1 aliphatic heterocycles. The Morgan fingerprint density at radius 2 is 2.29 bits per heavy atom. The molecule has 21 heavy (non-hydrogen) atoms. The molecule has 1 aromatic carbocycles. The van der Waals surface area contributed by atoms with Crippen LogP contribution < -0.4 is 15.4 Å². The summed E-state index contributed by atoms with van der Waals surface area (Å²) in [5, 5.41) is 11.2. The Kier molecular flexibility index (Phi) is 4.06. The molecule has 1 saturated heterocycles. The van der Waals surface area contributed by atoms with E-state index in [1.165, 1.54) is 17.0 Å². The van der Waals surface area contributed by atoms with Gasteiger partial charge in [0.05, 0.1) is 23.5 Å².